The molecule has 0 aliphatic heterocycles. The minimum absolute atomic E-state index is 0.0316. The minimum atomic E-state index is -0.736. The highest BCUT2D eigenvalue weighted by Gasteiger charge is 2.24. The van der Waals surface area contributed by atoms with Crippen LogP contribution in [0.4, 0.5) is 11.4 Å². The van der Waals surface area contributed by atoms with Crippen molar-refractivity contribution in [2.75, 3.05) is 18.2 Å². The van der Waals surface area contributed by atoms with Crippen LogP contribution in [0.5, 0.6) is 0 Å². The number of ether oxygens (including phenoxy) is 1. The Bertz CT molecular complexity index is 1180. The SMILES string of the molecule is COC(=O)c1c(N)c(C#N)cn1-c1ccccc1C(=O)NNC(=S)Nc1ccccc1. The number of rotatable bonds is 4. The van der Waals surface area contributed by atoms with E-state index in [4.69, 9.17) is 22.7 Å². The lowest BCUT2D eigenvalue weighted by atomic mass is 10.1. The Balaban J connectivity index is 1.86. The molecule has 1 amide bonds. The second-order valence-electron chi connectivity index (χ2n) is 6.19. The second-order valence-corrected chi connectivity index (χ2v) is 6.60. The van der Waals surface area contributed by atoms with E-state index >= 15 is 0 Å². The molecular formula is C21H18N6O3S. The molecule has 3 aromatic rings. The van der Waals surface area contributed by atoms with E-state index in [1.54, 1.807) is 24.3 Å². The van der Waals surface area contributed by atoms with E-state index < -0.39 is 11.9 Å². The molecule has 0 bridgehead atoms. The number of para-hydroxylation sites is 2. The second kappa shape index (κ2) is 9.43. The number of benzene rings is 2. The van der Waals surface area contributed by atoms with Crippen LogP contribution in [0, 0.1) is 11.3 Å². The average molecular weight is 434 g/mol. The van der Waals surface area contributed by atoms with Gasteiger partial charge in [-0.25, -0.2) is 4.79 Å². The van der Waals surface area contributed by atoms with Crippen LogP contribution in [-0.4, -0.2) is 28.7 Å². The Morgan fingerprint density at radius 3 is 2.45 bits per heavy atom. The fraction of sp³-hybridized carbons (Fsp3) is 0.0476. The molecule has 156 valence electrons. The highest BCUT2D eigenvalue weighted by Crippen LogP contribution is 2.26. The van der Waals surface area contributed by atoms with Crippen molar-refractivity contribution < 1.29 is 14.3 Å². The Hall–Kier alpha value is -4.36. The van der Waals surface area contributed by atoms with Gasteiger partial charge in [0, 0.05) is 11.9 Å². The number of esters is 1. The van der Waals surface area contributed by atoms with E-state index in [-0.39, 0.29) is 27.6 Å². The standard InChI is InChI=1S/C21H18N6O3S/c1-30-20(29)18-17(23)13(11-22)12-27(18)16-10-6-5-9-15(16)19(28)25-26-21(31)24-14-7-3-2-4-8-14/h2-10,12H,23H2,1H3,(H,25,28)(H2,24,26,31). The largest absolute Gasteiger partial charge is 0.464 e. The lowest BCUT2D eigenvalue weighted by Gasteiger charge is -2.15. The number of hydrogen-bond donors (Lipinski definition) is 4. The summed E-state index contributed by atoms with van der Waals surface area (Å²) < 4.78 is 6.14. The molecule has 1 heterocycles. The van der Waals surface area contributed by atoms with Gasteiger partial charge in [0.1, 0.15) is 6.07 Å². The van der Waals surface area contributed by atoms with E-state index in [1.807, 2.05) is 36.4 Å². The number of nitriles is 1. The Labute approximate surface area is 183 Å². The van der Waals surface area contributed by atoms with Crippen molar-refractivity contribution >= 4 is 40.6 Å². The summed E-state index contributed by atoms with van der Waals surface area (Å²) in [5.74, 6) is -1.25. The summed E-state index contributed by atoms with van der Waals surface area (Å²) in [7, 11) is 1.20. The molecule has 1 aromatic heterocycles. The Morgan fingerprint density at radius 1 is 1.10 bits per heavy atom. The van der Waals surface area contributed by atoms with Crippen molar-refractivity contribution in [1.29, 1.82) is 5.26 Å². The lowest BCUT2D eigenvalue weighted by molar-refractivity contribution is 0.0592. The highest BCUT2D eigenvalue weighted by atomic mass is 32.1. The van der Waals surface area contributed by atoms with Crippen LogP contribution in [0.25, 0.3) is 5.69 Å². The predicted octanol–water partition coefficient (Wildman–Crippen LogP) is 2.35. The molecule has 0 aliphatic carbocycles. The molecule has 0 aliphatic rings. The number of anilines is 2. The van der Waals surface area contributed by atoms with Gasteiger partial charge < -0.3 is 20.4 Å². The molecule has 0 atom stereocenters. The molecule has 0 radical (unpaired) electrons. The van der Waals surface area contributed by atoms with Crippen LogP contribution >= 0.6 is 12.2 Å². The van der Waals surface area contributed by atoms with Crippen molar-refractivity contribution in [3.63, 3.8) is 0 Å². The van der Waals surface area contributed by atoms with Crippen LogP contribution in [-0.2, 0) is 4.74 Å². The number of hydrazine groups is 1. The van der Waals surface area contributed by atoms with Gasteiger partial charge in [-0.05, 0) is 36.5 Å². The van der Waals surface area contributed by atoms with Gasteiger partial charge in [-0.15, -0.1) is 0 Å². The topological polar surface area (TPSA) is 134 Å². The molecule has 0 saturated heterocycles. The first kappa shape index (κ1) is 21.4. The molecule has 10 heteroatoms. The van der Waals surface area contributed by atoms with E-state index in [0.29, 0.717) is 5.69 Å². The van der Waals surface area contributed by atoms with Gasteiger partial charge in [-0.2, -0.15) is 5.26 Å². The van der Waals surface area contributed by atoms with Crippen LogP contribution < -0.4 is 21.9 Å². The van der Waals surface area contributed by atoms with Crippen molar-refractivity contribution in [3.8, 4) is 11.8 Å². The first-order valence-electron chi connectivity index (χ1n) is 8.97. The molecule has 0 spiro atoms. The number of aromatic nitrogens is 1. The smallest absolute Gasteiger partial charge is 0.357 e. The third-order valence-electron chi connectivity index (χ3n) is 4.27. The maximum atomic E-state index is 12.8. The minimum Gasteiger partial charge on any atom is -0.464 e. The van der Waals surface area contributed by atoms with Crippen molar-refractivity contribution in [3.05, 3.63) is 77.6 Å². The Morgan fingerprint density at radius 2 is 1.77 bits per heavy atom. The zero-order chi connectivity index (χ0) is 22.4. The van der Waals surface area contributed by atoms with Crippen LogP contribution in [0.2, 0.25) is 0 Å². The number of nitrogens with one attached hydrogen (secondary N) is 3. The molecule has 5 N–H and O–H groups in total. The molecule has 3 rings (SSSR count). The summed E-state index contributed by atoms with van der Waals surface area (Å²) in [6.45, 7) is 0. The van der Waals surface area contributed by atoms with E-state index in [0.717, 1.165) is 5.69 Å². The average Bonchev–Trinajstić information content (AvgIpc) is 3.13. The fourth-order valence-electron chi connectivity index (χ4n) is 2.85. The first-order valence-corrected chi connectivity index (χ1v) is 9.38. The summed E-state index contributed by atoms with van der Waals surface area (Å²) in [4.78, 5) is 25.1. The molecule has 0 fully saturated rings. The summed E-state index contributed by atoms with van der Waals surface area (Å²) in [6, 6.07) is 17.6. The molecular weight excluding hydrogens is 416 g/mol. The lowest BCUT2D eigenvalue weighted by Crippen LogP contribution is -2.44. The molecule has 2 aromatic carbocycles. The molecule has 0 unspecified atom stereocenters. The van der Waals surface area contributed by atoms with Gasteiger partial charge in [0.15, 0.2) is 10.8 Å². The van der Waals surface area contributed by atoms with Crippen molar-refractivity contribution in [2.24, 2.45) is 0 Å². The van der Waals surface area contributed by atoms with E-state index in [2.05, 4.69) is 16.2 Å². The highest BCUT2D eigenvalue weighted by molar-refractivity contribution is 7.80. The van der Waals surface area contributed by atoms with Crippen molar-refractivity contribution in [2.45, 2.75) is 0 Å². The monoisotopic (exact) mass is 434 g/mol. The maximum absolute atomic E-state index is 12.8. The van der Waals surface area contributed by atoms with Gasteiger partial charge in [-0.3, -0.25) is 15.6 Å². The molecule has 0 saturated carbocycles. The summed E-state index contributed by atoms with van der Waals surface area (Å²) >= 11 is 5.18. The van der Waals surface area contributed by atoms with E-state index in [9.17, 15) is 14.9 Å². The van der Waals surface area contributed by atoms with Gasteiger partial charge in [-0.1, -0.05) is 30.3 Å². The number of amides is 1. The molecule has 9 nitrogen and oxygen atoms in total. The normalized spacial score (nSPS) is 9.94. The number of nitrogens with two attached hydrogens (primary N) is 1. The third-order valence-corrected chi connectivity index (χ3v) is 4.48. The number of hydrogen-bond acceptors (Lipinski definition) is 6. The predicted molar refractivity (Wildman–Crippen MR) is 120 cm³/mol. The molecule has 31 heavy (non-hydrogen) atoms. The van der Waals surface area contributed by atoms with Crippen LogP contribution in [0.3, 0.4) is 0 Å². The zero-order valence-corrected chi connectivity index (χ0v) is 17.2. The number of carbonyl (C=O) groups is 2. The van der Waals surface area contributed by atoms with Crippen molar-refractivity contribution in [1.82, 2.24) is 15.4 Å². The summed E-state index contributed by atoms with van der Waals surface area (Å²) in [6.07, 6.45) is 1.38. The third kappa shape index (κ3) is 4.63. The number of thiocarbonyl (C=S) groups is 1. The van der Waals surface area contributed by atoms with Gasteiger partial charge in [0.25, 0.3) is 5.91 Å². The Kier molecular flexibility index (Phi) is 6.49. The van der Waals surface area contributed by atoms with Gasteiger partial charge in [0.05, 0.1) is 29.6 Å². The zero-order valence-electron chi connectivity index (χ0n) is 16.4. The van der Waals surface area contributed by atoms with Gasteiger partial charge >= 0.3 is 5.97 Å². The van der Waals surface area contributed by atoms with Gasteiger partial charge in [0.2, 0.25) is 0 Å². The first-order chi connectivity index (χ1) is 15.0. The van der Waals surface area contributed by atoms with E-state index in [1.165, 1.54) is 17.9 Å². The number of carbonyl (C=O) groups excluding carboxylic acids is 2. The quantitative estimate of drug-likeness (QED) is 0.279. The summed E-state index contributed by atoms with van der Waals surface area (Å²) in [5, 5.41) is 12.4. The maximum Gasteiger partial charge on any atom is 0.357 e. The van der Waals surface area contributed by atoms with Crippen LogP contribution in [0.15, 0.2) is 60.8 Å². The number of nitrogens with zero attached hydrogens (tertiary/aromatic N) is 2. The number of methoxy groups -OCH3 is 1. The number of nitrogen functional groups attached to an aromatic ring is 1. The summed E-state index contributed by atoms with van der Waals surface area (Å²) in [5.41, 5.74) is 12.4. The van der Waals surface area contributed by atoms with Crippen LogP contribution in [0.1, 0.15) is 26.4 Å². The fourth-order valence-corrected chi connectivity index (χ4v) is 3.01.